The molecule has 0 heterocycles. The number of sulfonamides is 1. The molecule has 7 heteroatoms. The van der Waals surface area contributed by atoms with Gasteiger partial charge in [-0.3, -0.25) is 0 Å². The fraction of sp³-hybridized carbons (Fsp3) is 0.200. The Morgan fingerprint density at radius 3 is 2.50 bits per heavy atom. The van der Waals surface area contributed by atoms with Crippen molar-refractivity contribution in [3.63, 3.8) is 0 Å². The monoisotopic (exact) mass is 405 g/mol. The van der Waals surface area contributed by atoms with Crippen LogP contribution in [0.2, 0.25) is 5.02 Å². The summed E-state index contributed by atoms with van der Waals surface area (Å²) in [6.07, 6.45) is 0. The fourth-order valence-electron chi connectivity index (χ4n) is 2.01. The van der Waals surface area contributed by atoms with Gasteiger partial charge in [0.2, 0.25) is 10.0 Å². The maximum absolute atomic E-state index is 13.2. The molecule has 0 aliphatic carbocycles. The minimum atomic E-state index is -3.75. The maximum Gasteiger partial charge on any atom is 0.244 e. The molecule has 0 spiro atoms. The van der Waals surface area contributed by atoms with Gasteiger partial charge in [0.1, 0.15) is 5.82 Å². The average molecular weight is 407 g/mol. The van der Waals surface area contributed by atoms with Gasteiger partial charge in [0.15, 0.2) is 0 Å². The summed E-state index contributed by atoms with van der Waals surface area (Å²) in [4.78, 5) is 0.0304. The SMILES string of the molecule is CCN(Cc1ccccc1Cl)S(=O)(=O)c1ccc(F)cc1Br. The van der Waals surface area contributed by atoms with Crippen LogP contribution in [0.3, 0.4) is 0 Å². The van der Waals surface area contributed by atoms with E-state index in [1.54, 1.807) is 31.2 Å². The third kappa shape index (κ3) is 3.68. The van der Waals surface area contributed by atoms with Crippen LogP contribution in [0.5, 0.6) is 0 Å². The molecule has 0 bridgehead atoms. The van der Waals surface area contributed by atoms with Crippen molar-refractivity contribution in [2.45, 2.75) is 18.4 Å². The summed E-state index contributed by atoms with van der Waals surface area (Å²) in [5.41, 5.74) is 0.716. The Morgan fingerprint density at radius 1 is 1.23 bits per heavy atom. The zero-order valence-electron chi connectivity index (χ0n) is 11.8. The van der Waals surface area contributed by atoms with Gasteiger partial charge in [0, 0.05) is 22.6 Å². The first-order chi connectivity index (χ1) is 10.4. The first-order valence-corrected chi connectivity index (χ1v) is 9.16. The van der Waals surface area contributed by atoms with E-state index in [0.717, 1.165) is 12.1 Å². The fourth-order valence-corrected chi connectivity index (χ4v) is 4.64. The molecule has 0 aliphatic heterocycles. The molecule has 2 aromatic carbocycles. The highest BCUT2D eigenvalue weighted by molar-refractivity contribution is 9.10. The maximum atomic E-state index is 13.2. The number of benzene rings is 2. The molecule has 0 saturated carbocycles. The summed E-state index contributed by atoms with van der Waals surface area (Å²) in [5, 5.41) is 0.509. The van der Waals surface area contributed by atoms with E-state index < -0.39 is 15.8 Å². The van der Waals surface area contributed by atoms with Crippen molar-refractivity contribution in [2.24, 2.45) is 0 Å². The van der Waals surface area contributed by atoms with Crippen LogP contribution < -0.4 is 0 Å². The summed E-state index contributed by atoms with van der Waals surface area (Å²) in [7, 11) is -3.75. The summed E-state index contributed by atoms with van der Waals surface area (Å²) < 4.78 is 40.1. The molecule has 0 saturated heterocycles. The molecule has 0 fully saturated rings. The van der Waals surface area contributed by atoms with E-state index in [9.17, 15) is 12.8 Å². The Hall–Kier alpha value is -0.950. The standard InChI is InChI=1S/C15H14BrClFNO2S/c1-2-19(10-11-5-3-4-6-14(11)17)22(20,21)15-8-7-12(18)9-13(15)16/h3-9H,2,10H2,1H3. The first-order valence-electron chi connectivity index (χ1n) is 6.55. The van der Waals surface area contributed by atoms with Crippen LogP contribution in [-0.4, -0.2) is 19.3 Å². The lowest BCUT2D eigenvalue weighted by atomic mass is 10.2. The molecule has 0 unspecified atom stereocenters. The van der Waals surface area contributed by atoms with Crippen LogP contribution in [0.1, 0.15) is 12.5 Å². The molecule has 0 amide bonds. The Morgan fingerprint density at radius 2 is 1.91 bits per heavy atom. The number of rotatable bonds is 5. The van der Waals surface area contributed by atoms with Crippen LogP contribution in [0.4, 0.5) is 4.39 Å². The summed E-state index contributed by atoms with van der Waals surface area (Å²) in [6.45, 7) is 2.17. The minimum Gasteiger partial charge on any atom is -0.207 e. The van der Waals surface area contributed by atoms with E-state index in [0.29, 0.717) is 10.6 Å². The summed E-state index contributed by atoms with van der Waals surface area (Å²) in [5.74, 6) is -0.500. The van der Waals surface area contributed by atoms with Crippen molar-refractivity contribution in [1.82, 2.24) is 4.31 Å². The van der Waals surface area contributed by atoms with Gasteiger partial charge >= 0.3 is 0 Å². The molecule has 0 atom stereocenters. The molecule has 22 heavy (non-hydrogen) atoms. The van der Waals surface area contributed by atoms with Gasteiger partial charge < -0.3 is 0 Å². The van der Waals surface area contributed by atoms with Gasteiger partial charge in [-0.15, -0.1) is 0 Å². The number of nitrogens with zero attached hydrogens (tertiary/aromatic N) is 1. The Labute approximate surface area is 142 Å². The molecule has 3 nitrogen and oxygen atoms in total. The zero-order valence-corrected chi connectivity index (χ0v) is 14.9. The molecule has 2 rings (SSSR count). The third-order valence-electron chi connectivity index (χ3n) is 3.17. The summed E-state index contributed by atoms with van der Waals surface area (Å²) in [6, 6.07) is 10.6. The van der Waals surface area contributed by atoms with Crippen molar-refractivity contribution in [3.8, 4) is 0 Å². The number of hydrogen-bond acceptors (Lipinski definition) is 2. The van der Waals surface area contributed by atoms with Crippen LogP contribution in [-0.2, 0) is 16.6 Å². The molecule has 0 radical (unpaired) electrons. The van der Waals surface area contributed by atoms with E-state index >= 15 is 0 Å². The lowest BCUT2D eigenvalue weighted by Crippen LogP contribution is -2.30. The van der Waals surface area contributed by atoms with Crippen molar-refractivity contribution >= 4 is 37.6 Å². The lowest BCUT2D eigenvalue weighted by molar-refractivity contribution is 0.423. The second-order valence-electron chi connectivity index (χ2n) is 4.60. The highest BCUT2D eigenvalue weighted by Gasteiger charge is 2.26. The molecule has 0 aliphatic rings. The zero-order chi connectivity index (χ0) is 16.3. The smallest absolute Gasteiger partial charge is 0.207 e. The van der Waals surface area contributed by atoms with Gasteiger partial charge in [-0.1, -0.05) is 36.7 Å². The molecule has 118 valence electrons. The Balaban J connectivity index is 2.39. The predicted octanol–water partition coefficient (Wildman–Crippen LogP) is 4.45. The molecular weight excluding hydrogens is 393 g/mol. The van der Waals surface area contributed by atoms with Crippen molar-refractivity contribution in [2.75, 3.05) is 6.54 Å². The first kappa shape index (κ1) is 17.4. The lowest BCUT2D eigenvalue weighted by Gasteiger charge is -2.21. The van der Waals surface area contributed by atoms with Crippen LogP contribution >= 0.6 is 27.5 Å². The largest absolute Gasteiger partial charge is 0.244 e. The molecule has 0 N–H and O–H groups in total. The summed E-state index contributed by atoms with van der Waals surface area (Å²) >= 11 is 9.20. The number of hydrogen-bond donors (Lipinski definition) is 0. The minimum absolute atomic E-state index is 0.0304. The van der Waals surface area contributed by atoms with Gasteiger partial charge in [-0.25, -0.2) is 12.8 Å². The third-order valence-corrected chi connectivity index (χ3v) is 6.44. The van der Waals surface area contributed by atoms with Gasteiger partial charge in [-0.2, -0.15) is 4.31 Å². The molecule has 0 aromatic heterocycles. The topological polar surface area (TPSA) is 37.4 Å². The van der Waals surface area contributed by atoms with E-state index in [4.69, 9.17) is 11.6 Å². The highest BCUT2D eigenvalue weighted by atomic mass is 79.9. The van der Waals surface area contributed by atoms with E-state index in [1.807, 2.05) is 0 Å². The van der Waals surface area contributed by atoms with Gasteiger partial charge in [0.25, 0.3) is 0 Å². The average Bonchev–Trinajstić information content (AvgIpc) is 2.45. The van der Waals surface area contributed by atoms with Crippen molar-refractivity contribution in [1.29, 1.82) is 0 Å². The molecule has 2 aromatic rings. The quantitative estimate of drug-likeness (QED) is 0.735. The Kier molecular flexibility index (Phi) is 5.60. The second-order valence-corrected chi connectivity index (χ2v) is 7.77. The van der Waals surface area contributed by atoms with Crippen molar-refractivity contribution in [3.05, 3.63) is 63.3 Å². The van der Waals surface area contributed by atoms with E-state index in [-0.39, 0.29) is 22.5 Å². The van der Waals surface area contributed by atoms with Crippen molar-refractivity contribution < 1.29 is 12.8 Å². The molecular formula is C15H14BrClFNO2S. The predicted molar refractivity (Wildman–Crippen MR) is 88.8 cm³/mol. The number of halogens is 3. The van der Waals surface area contributed by atoms with Crippen LogP contribution in [0, 0.1) is 5.82 Å². The highest BCUT2D eigenvalue weighted by Crippen LogP contribution is 2.27. The van der Waals surface area contributed by atoms with Crippen LogP contribution in [0.25, 0.3) is 0 Å². The Bertz CT molecular complexity index is 783. The normalized spacial score (nSPS) is 11.9. The van der Waals surface area contributed by atoms with Crippen LogP contribution in [0.15, 0.2) is 51.8 Å². The van der Waals surface area contributed by atoms with Gasteiger partial charge in [0.05, 0.1) is 4.90 Å². The van der Waals surface area contributed by atoms with E-state index in [2.05, 4.69) is 15.9 Å². The second kappa shape index (κ2) is 7.08. The van der Waals surface area contributed by atoms with Gasteiger partial charge in [-0.05, 0) is 45.8 Å². The van der Waals surface area contributed by atoms with E-state index in [1.165, 1.54) is 10.4 Å².